The van der Waals surface area contributed by atoms with Crippen LogP contribution in [-0.4, -0.2) is 61.1 Å². The highest BCUT2D eigenvalue weighted by Crippen LogP contribution is 2.32. The minimum atomic E-state index is -0.306. The average Bonchev–Trinajstić information content (AvgIpc) is 2.56. The molecule has 8 heteroatoms. The van der Waals surface area contributed by atoms with Crippen LogP contribution in [0.15, 0.2) is 12.1 Å². The van der Waals surface area contributed by atoms with Crippen molar-refractivity contribution in [3.63, 3.8) is 0 Å². The number of hydrogen-bond acceptors (Lipinski definition) is 4. The van der Waals surface area contributed by atoms with Gasteiger partial charge in [0, 0.05) is 26.2 Å². The predicted octanol–water partition coefficient (Wildman–Crippen LogP) is 3.01. The van der Waals surface area contributed by atoms with Crippen LogP contribution < -0.4 is 5.32 Å². The minimum absolute atomic E-state index is 0.186. The Morgan fingerprint density at radius 1 is 1.21 bits per heavy atom. The lowest BCUT2D eigenvalue weighted by molar-refractivity contribution is -0.117. The fraction of sp³-hybridized carbons (Fsp3) is 0.500. The van der Waals surface area contributed by atoms with Gasteiger partial charge >= 0.3 is 6.09 Å². The van der Waals surface area contributed by atoms with E-state index in [1.54, 1.807) is 24.0 Å². The summed E-state index contributed by atoms with van der Waals surface area (Å²) in [6.45, 7) is 6.51. The number of nitrogens with zero attached hydrogens (tertiary/aromatic N) is 2. The molecule has 0 saturated carbocycles. The third kappa shape index (κ3) is 4.75. The zero-order valence-corrected chi connectivity index (χ0v) is 15.3. The SMILES string of the molecule is CCOC(=O)N1CCN(CC(=O)Nc2c(Cl)ccc(C)c2Cl)CC1. The first kappa shape index (κ1) is 18.8. The number of halogens is 2. The number of carbonyl (C=O) groups is 2. The van der Waals surface area contributed by atoms with E-state index in [9.17, 15) is 9.59 Å². The summed E-state index contributed by atoms with van der Waals surface area (Å²) in [6, 6.07) is 3.51. The molecule has 0 unspecified atom stereocenters. The second kappa shape index (κ2) is 8.55. The van der Waals surface area contributed by atoms with Crippen molar-refractivity contribution in [3.05, 3.63) is 27.7 Å². The van der Waals surface area contributed by atoms with Crippen LogP contribution in [0.5, 0.6) is 0 Å². The molecule has 1 aromatic rings. The summed E-state index contributed by atoms with van der Waals surface area (Å²) >= 11 is 12.3. The highest BCUT2D eigenvalue weighted by atomic mass is 35.5. The quantitative estimate of drug-likeness (QED) is 0.880. The van der Waals surface area contributed by atoms with Crippen LogP contribution in [0.1, 0.15) is 12.5 Å². The monoisotopic (exact) mass is 373 g/mol. The normalized spacial score (nSPS) is 15.2. The molecule has 1 fully saturated rings. The molecule has 132 valence electrons. The third-order valence-electron chi connectivity index (χ3n) is 3.81. The Morgan fingerprint density at radius 2 is 1.88 bits per heavy atom. The molecule has 0 radical (unpaired) electrons. The number of piperazine rings is 1. The molecule has 2 rings (SSSR count). The summed E-state index contributed by atoms with van der Waals surface area (Å²) in [7, 11) is 0. The van der Waals surface area contributed by atoms with E-state index in [4.69, 9.17) is 27.9 Å². The molecule has 1 aromatic carbocycles. The van der Waals surface area contributed by atoms with E-state index in [0.717, 1.165) is 5.56 Å². The maximum atomic E-state index is 12.2. The smallest absolute Gasteiger partial charge is 0.409 e. The second-order valence-corrected chi connectivity index (χ2v) is 6.35. The summed E-state index contributed by atoms with van der Waals surface area (Å²) in [4.78, 5) is 27.5. The fourth-order valence-electron chi connectivity index (χ4n) is 2.46. The molecule has 0 spiro atoms. The lowest BCUT2D eigenvalue weighted by Gasteiger charge is -2.33. The van der Waals surface area contributed by atoms with Crippen LogP contribution in [0.25, 0.3) is 0 Å². The number of hydrogen-bond donors (Lipinski definition) is 1. The van der Waals surface area contributed by atoms with Gasteiger partial charge in [-0.3, -0.25) is 9.69 Å². The van der Waals surface area contributed by atoms with Crippen LogP contribution >= 0.6 is 23.2 Å². The lowest BCUT2D eigenvalue weighted by Crippen LogP contribution is -2.50. The Labute approximate surface area is 151 Å². The molecule has 0 atom stereocenters. The predicted molar refractivity (Wildman–Crippen MR) is 94.9 cm³/mol. The van der Waals surface area contributed by atoms with Crippen molar-refractivity contribution in [2.45, 2.75) is 13.8 Å². The molecule has 1 aliphatic rings. The number of anilines is 1. The molecule has 1 N–H and O–H groups in total. The molecule has 1 saturated heterocycles. The van der Waals surface area contributed by atoms with Gasteiger partial charge in [-0.2, -0.15) is 0 Å². The molecule has 2 amide bonds. The first-order valence-corrected chi connectivity index (χ1v) is 8.56. The Hall–Kier alpha value is -1.50. The average molecular weight is 374 g/mol. The number of nitrogens with one attached hydrogen (secondary N) is 1. The summed E-state index contributed by atoms with van der Waals surface area (Å²) in [5, 5.41) is 3.63. The van der Waals surface area contributed by atoms with Gasteiger partial charge in [-0.1, -0.05) is 29.3 Å². The van der Waals surface area contributed by atoms with Gasteiger partial charge in [-0.05, 0) is 25.5 Å². The second-order valence-electron chi connectivity index (χ2n) is 5.56. The van der Waals surface area contributed by atoms with E-state index < -0.39 is 0 Å². The van der Waals surface area contributed by atoms with Gasteiger partial charge in [-0.15, -0.1) is 0 Å². The van der Waals surface area contributed by atoms with Gasteiger partial charge < -0.3 is 15.0 Å². The summed E-state index contributed by atoms with van der Waals surface area (Å²) in [5.74, 6) is -0.186. The summed E-state index contributed by atoms with van der Waals surface area (Å²) < 4.78 is 4.97. The highest BCUT2D eigenvalue weighted by Gasteiger charge is 2.23. The van der Waals surface area contributed by atoms with Crippen molar-refractivity contribution < 1.29 is 14.3 Å². The van der Waals surface area contributed by atoms with Gasteiger partial charge in [-0.25, -0.2) is 4.79 Å². The molecule has 0 bridgehead atoms. The fourth-order valence-corrected chi connectivity index (χ4v) is 2.92. The molecule has 1 aliphatic heterocycles. The molecule has 0 aliphatic carbocycles. The number of carbonyl (C=O) groups excluding carboxylic acids is 2. The Balaban J connectivity index is 1.86. The third-order valence-corrected chi connectivity index (χ3v) is 4.62. The topological polar surface area (TPSA) is 61.9 Å². The van der Waals surface area contributed by atoms with Gasteiger partial charge in [0.15, 0.2) is 0 Å². The van der Waals surface area contributed by atoms with E-state index in [2.05, 4.69) is 5.32 Å². The standard InChI is InChI=1S/C16H21Cl2N3O3/c1-3-24-16(23)21-8-6-20(7-9-21)10-13(22)19-15-12(17)5-4-11(2)14(15)18/h4-5H,3,6-10H2,1-2H3,(H,19,22). The molecular formula is C16H21Cl2N3O3. The van der Waals surface area contributed by atoms with Crippen LogP contribution in [0.2, 0.25) is 10.0 Å². The van der Waals surface area contributed by atoms with Crippen molar-refractivity contribution in [1.29, 1.82) is 0 Å². The molecule has 24 heavy (non-hydrogen) atoms. The van der Waals surface area contributed by atoms with E-state index in [1.807, 2.05) is 11.8 Å². The van der Waals surface area contributed by atoms with Gasteiger partial charge in [0.25, 0.3) is 0 Å². The van der Waals surface area contributed by atoms with E-state index in [-0.39, 0.29) is 18.5 Å². The maximum Gasteiger partial charge on any atom is 0.409 e. The number of ether oxygens (including phenoxy) is 1. The van der Waals surface area contributed by atoms with Crippen LogP contribution in [0.3, 0.4) is 0 Å². The minimum Gasteiger partial charge on any atom is -0.450 e. The Kier molecular flexibility index (Phi) is 6.71. The number of amides is 2. The Morgan fingerprint density at radius 3 is 2.50 bits per heavy atom. The lowest BCUT2D eigenvalue weighted by atomic mass is 10.2. The van der Waals surface area contributed by atoms with Crippen molar-refractivity contribution in [3.8, 4) is 0 Å². The zero-order valence-electron chi connectivity index (χ0n) is 13.8. The summed E-state index contributed by atoms with van der Waals surface area (Å²) in [5.41, 5.74) is 1.29. The van der Waals surface area contributed by atoms with Gasteiger partial charge in [0.2, 0.25) is 5.91 Å². The molecule has 6 nitrogen and oxygen atoms in total. The van der Waals surface area contributed by atoms with E-state index in [0.29, 0.717) is 48.5 Å². The Bertz CT molecular complexity index is 617. The molecular weight excluding hydrogens is 353 g/mol. The van der Waals surface area contributed by atoms with Crippen LogP contribution in [0, 0.1) is 6.92 Å². The van der Waals surface area contributed by atoms with Crippen molar-refractivity contribution in [2.75, 3.05) is 44.6 Å². The first-order chi connectivity index (χ1) is 11.4. The zero-order chi connectivity index (χ0) is 17.7. The van der Waals surface area contributed by atoms with Gasteiger partial charge in [0.05, 0.1) is 28.9 Å². The molecule has 1 heterocycles. The first-order valence-electron chi connectivity index (χ1n) is 7.81. The van der Waals surface area contributed by atoms with Gasteiger partial charge in [0.1, 0.15) is 0 Å². The van der Waals surface area contributed by atoms with Crippen LogP contribution in [0.4, 0.5) is 10.5 Å². The number of rotatable bonds is 4. The van der Waals surface area contributed by atoms with Crippen molar-refractivity contribution >= 4 is 40.9 Å². The highest BCUT2D eigenvalue weighted by molar-refractivity contribution is 6.40. The van der Waals surface area contributed by atoms with E-state index >= 15 is 0 Å². The number of benzene rings is 1. The van der Waals surface area contributed by atoms with Crippen LogP contribution in [-0.2, 0) is 9.53 Å². The summed E-state index contributed by atoms with van der Waals surface area (Å²) in [6.07, 6.45) is -0.306. The van der Waals surface area contributed by atoms with Crippen molar-refractivity contribution in [1.82, 2.24) is 9.80 Å². The molecule has 0 aromatic heterocycles. The number of aryl methyl sites for hydroxylation is 1. The van der Waals surface area contributed by atoms with Crippen molar-refractivity contribution in [2.24, 2.45) is 0 Å². The maximum absolute atomic E-state index is 12.2. The largest absolute Gasteiger partial charge is 0.450 e. The van der Waals surface area contributed by atoms with E-state index in [1.165, 1.54) is 0 Å².